The zero-order valence-electron chi connectivity index (χ0n) is 12.4. The van der Waals surface area contributed by atoms with Crippen LogP contribution in [0.4, 0.5) is 0 Å². The molecular formula is C17H21NO4. The van der Waals surface area contributed by atoms with Crippen LogP contribution in [0.3, 0.4) is 0 Å². The zero-order chi connectivity index (χ0) is 15.7. The smallest absolute Gasteiger partial charge is 0.320 e. The molecule has 1 aliphatic carbocycles. The highest BCUT2D eigenvalue weighted by Gasteiger charge is 2.46. The number of carboxylic acids is 1. The summed E-state index contributed by atoms with van der Waals surface area (Å²) in [4.78, 5) is 23.1. The molecule has 5 heteroatoms. The van der Waals surface area contributed by atoms with E-state index >= 15 is 0 Å². The molecule has 1 heterocycles. The van der Waals surface area contributed by atoms with Crippen molar-refractivity contribution in [1.29, 1.82) is 0 Å². The topological polar surface area (TPSA) is 89.6 Å². The molecule has 1 saturated carbocycles. The summed E-state index contributed by atoms with van der Waals surface area (Å²) in [5.74, 6) is 0.414. The lowest BCUT2D eigenvalue weighted by Crippen LogP contribution is -2.32. The van der Waals surface area contributed by atoms with Crippen LogP contribution in [0.15, 0.2) is 24.3 Å². The van der Waals surface area contributed by atoms with Gasteiger partial charge in [0.05, 0.1) is 6.10 Å². The van der Waals surface area contributed by atoms with Crippen molar-refractivity contribution < 1.29 is 19.4 Å². The second-order valence-corrected chi connectivity index (χ2v) is 6.33. The monoisotopic (exact) mass is 303 g/mol. The van der Waals surface area contributed by atoms with E-state index in [1.165, 1.54) is 6.42 Å². The number of fused-ring (bicyclic) bond motifs is 1. The maximum absolute atomic E-state index is 12.3. The molecule has 1 aliphatic heterocycles. The Balaban J connectivity index is 1.57. The number of benzene rings is 1. The molecule has 0 aromatic heterocycles. The summed E-state index contributed by atoms with van der Waals surface area (Å²) in [6.07, 6.45) is 3.11. The molecule has 2 fully saturated rings. The lowest BCUT2D eigenvalue weighted by atomic mass is 9.98. The number of carboxylic acid groups (broad SMARTS) is 1. The van der Waals surface area contributed by atoms with Crippen LogP contribution in [0.5, 0.6) is 0 Å². The summed E-state index contributed by atoms with van der Waals surface area (Å²) in [6, 6.07) is 6.14. The highest BCUT2D eigenvalue weighted by atomic mass is 16.5. The summed E-state index contributed by atoms with van der Waals surface area (Å²) >= 11 is 0. The van der Waals surface area contributed by atoms with Gasteiger partial charge in [-0.25, -0.2) is 0 Å². The van der Waals surface area contributed by atoms with Gasteiger partial charge in [-0.15, -0.1) is 0 Å². The van der Waals surface area contributed by atoms with Gasteiger partial charge in [0, 0.05) is 18.6 Å². The molecule has 1 saturated heterocycles. The number of carbonyl (C=O) groups is 2. The van der Waals surface area contributed by atoms with Gasteiger partial charge in [-0.1, -0.05) is 24.3 Å². The van der Waals surface area contributed by atoms with Crippen molar-refractivity contribution in [2.24, 2.45) is 17.6 Å². The van der Waals surface area contributed by atoms with Crippen LogP contribution in [0.2, 0.25) is 0 Å². The van der Waals surface area contributed by atoms with E-state index in [2.05, 4.69) is 0 Å². The first kappa shape index (κ1) is 15.2. The first-order valence-electron chi connectivity index (χ1n) is 7.76. The van der Waals surface area contributed by atoms with E-state index in [0.29, 0.717) is 17.9 Å². The van der Waals surface area contributed by atoms with Crippen LogP contribution >= 0.6 is 0 Å². The zero-order valence-corrected chi connectivity index (χ0v) is 12.4. The third-order valence-electron chi connectivity index (χ3n) is 4.71. The van der Waals surface area contributed by atoms with Crippen LogP contribution in [0.1, 0.15) is 35.2 Å². The van der Waals surface area contributed by atoms with E-state index in [4.69, 9.17) is 15.6 Å². The van der Waals surface area contributed by atoms with Crippen molar-refractivity contribution in [2.45, 2.75) is 37.8 Å². The van der Waals surface area contributed by atoms with E-state index in [9.17, 15) is 9.59 Å². The number of aliphatic carboxylic acids is 1. The fraction of sp³-hybridized carbons (Fsp3) is 0.529. The van der Waals surface area contributed by atoms with Gasteiger partial charge in [0.2, 0.25) is 0 Å². The van der Waals surface area contributed by atoms with Crippen molar-refractivity contribution >= 4 is 11.8 Å². The number of Topliss-reactive ketones (excluding diaryl/α,β-unsaturated/α-hetero) is 1. The minimum absolute atomic E-state index is 0.0753. The molecule has 22 heavy (non-hydrogen) atoms. The lowest BCUT2D eigenvalue weighted by molar-refractivity contribution is -0.138. The molecule has 4 atom stereocenters. The molecule has 0 radical (unpaired) electrons. The van der Waals surface area contributed by atoms with E-state index in [1.54, 1.807) is 24.3 Å². The number of carbonyl (C=O) groups excluding carboxylic acids is 1. The predicted molar refractivity (Wildman–Crippen MR) is 80.7 cm³/mol. The normalized spacial score (nSPS) is 27.8. The highest BCUT2D eigenvalue weighted by Crippen LogP contribution is 2.48. The Morgan fingerprint density at radius 2 is 2.05 bits per heavy atom. The summed E-state index contributed by atoms with van der Waals surface area (Å²) in [6.45, 7) is 0.769. The minimum Gasteiger partial charge on any atom is -0.480 e. The van der Waals surface area contributed by atoms with Crippen molar-refractivity contribution in [3.63, 3.8) is 0 Å². The molecule has 3 rings (SSSR count). The first-order chi connectivity index (χ1) is 10.5. The second-order valence-electron chi connectivity index (χ2n) is 6.33. The Bertz CT molecular complexity index is 569. The number of ether oxygens (including phenoxy) is 1. The van der Waals surface area contributed by atoms with Crippen LogP contribution < -0.4 is 5.73 Å². The quantitative estimate of drug-likeness (QED) is 0.780. The van der Waals surface area contributed by atoms with E-state index in [-0.39, 0.29) is 18.3 Å². The van der Waals surface area contributed by atoms with Gasteiger partial charge in [0.1, 0.15) is 6.04 Å². The number of ketones is 1. The minimum atomic E-state index is -1.02. The molecule has 0 bridgehead atoms. The van der Waals surface area contributed by atoms with Crippen molar-refractivity contribution in [1.82, 2.24) is 0 Å². The molecule has 3 N–H and O–H groups in total. The Labute approximate surface area is 129 Å². The average molecular weight is 303 g/mol. The maximum atomic E-state index is 12.3. The molecule has 1 aromatic rings. The highest BCUT2D eigenvalue weighted by molar-refractivity contribution is 5.96. The fourth-order valence-electron chi connectivity index (χ4n) is 3.23. The predicted octanol–water partition coefficient (Wildman–Crippen LogP) is 1.64. The molecule has 2 aliphatic rings. The van der Waals surface area contributed by atoms with Crippen molar-refractivity contribution in [3.05, 3.63) is 35.4 Å². The van der Waals surface area contributed by atoms with Gasteiger partial charge < -0.3 is 15.6 Å². The Morgan fingerprint density at radius 3 is 2.73 bits per heavy atom. The number of hydrogen-bond acceptors (Lipinski definition) is 4. The number of rotatable bonds is 6. The summed E-state index contributed by atoms with van der Waals surface area (Å²) in [5, 5.41) is 8.80. The number of nitrogens with two attached hydrogens (primary N) is 1. The molecule has 0 amide bonds. The first-order valence-corrected chi connectivity index (χ1v) is 7.76. The number of hydrogen-bond donors (Lipinski definition) is 2. The van der Waals surface area contributed by atoms with Crippen molar-refractivity contribution in [2.75, 3.05) is 6.61 Å². The molecule has 0 spiro atoms. The third-order valence-corrected chi connectivity index (χ3v) is 4.71. The van der Waals surface area contributed by atoms with E-state index < -0.39 is 12.0 Å². The van der Waals surface area contributed by atoms with Gasteiger partial charge >= 0.3 is 5.97 Å². The van der Waals surface area contributed by atoms with Crippen LogP contribution in [-0.4, -0.2) is 35.6 Å². The van der Waals surface area contributed by atoms with Gasteiger partial charge in [-0.3, -0.25) is 9.59 Å². The lowest BCUT2D eigenvalue weighted by Gasteiger charge is -2.21. The SMILES string of the molecule is NC(Cc1ccc(C(=O)CC2OCCC3CC32)cc1)C(=O)O. The average Bonchev–Trinajstić information content (AvgIpc) is 3.28. The van der Waals surface area contributed by atoms with E-state index in [1.807, 2.05) is 0 Å². The van der Waals surface area contributed by atoms with Gasteiger partial charge in [-0.2, -0.15) is 0 Å². The van der Waals surface area contributed by atoms with Crippen LogP contribution in [0, 0.1) is 11.8 Å². The van der Waals surface area contributed by atoms with Gasteiger partial charge in [0.15, 0.2) is 5.78 Å². The van der Waals surface area contributed by atoms with Gasteiger partial charge in [-0.05, 0) is 36.7 Å². The molecule has 1 aromatic carbocycles. The summed E-state index contributed by atoms with van der Waals surface area (Å²) in [5.41, 5.74) is 6.98. The molecule has 118 valence electrons. The fourth-order valence-corrected chi connectivity index (χ4v) is 3.23. The Kier molecular flexibility index (Phi) is 4.27. The molecular weight excluding hydrogens is 282 g/mol. The van der Waals surface area contributed by atoms with Crippen LogP contribution in [-0.2, 0) is 16.0 Å². The Hall–Kier alpha value is -1.72. The second kappa shape index (κ2) is 6.18. The Morgan fingerprint density at radius 1 is 1.32 bits per heavy atom. The third kappa shape index (κ3) is 3.36. The molecule has 5 nitrogen and oxygen atoms in total. The summed E-state index contributed by atoms with van der Waals surface area (Å²) < 4.78 is 5.72. The summed E-state index contributed by atoms with van der Waals surface area (Å²) in [7, 11) is 0. The standard InChI is InChI=1S/C17H21NO4/c18-14(17(20)21)7-10-1-3-11(4-2-10)15(19)9-16-13-8-12(13)5-6-22-16/h1-4,12-14,16H,5-9,18H2,(H,20,21). The maximum Gasteiger partial charge on any atom is 0.320 e. The van der Waals surface area contributed by atoms with Crippen LogP contribution in [0.25, 0.3) is 0 Å². The van der Waals surface area contributed by atoms with E-state index in [0.717, 1.165) is 24.5 Å². The molecule has 4 unspecified atom stereocenters. The largest absolute Gasteiger partial charge is 0.480 e. The van der Waals surface area contributed by atoms with Gasteiger partial charge in [0.25, 0.3) is 0 Å². The van der Waals surface area contributed by atoms with Crippen molar-refractivity contribution in [3.8, 4) is 0 Å².